The largest absolute Gasteiger partial charge is 0.379 e. The Morgan fingerprint density at radius 1 is 1.10 bits per heavy atom. The van der Waals surface area contributed by atoms with Crippen molar-refractivity contribution in [2.75, 3.05) is 32.6 Å². The van der Waals surface area contributed by atoms with E-state index in [2.05, 4.69) is 15.1 Å². The predicted molar refractivity (Wildman–Crippen MR) is 100 cm³/mol. The van der Waals surface area contributed by atoms with Crippen molar-refractivity contribution >= 4 is 9.84 Å². The maximum atomic E-state index is 15.2. The maximum Gasteiger partial charge on any atom is 0.247 e. The van der Waals surface area contributed by atoms with Crippen molar-refractivity contribution in [1.82, 2.24) is 20.0 Å². The second kappa shape index (κ2) is 7.62. The van der Waals surface area contributed by atoms with Crippen LogP contribution in [0.3, 0.4) is 0 Å². The van der Waals surface area contributed by atoms with Gasteiger partial charge in [0.05, 0.1) is 25.1 Å². The number of halogens is 1. The van der Waals surface area contributed by atoms with Gasteiger partial charge in [-0.05, 0) is 12.1 Å². The van der Waals surface area contributed by atoms with Crippen LogP contribution in [0.25, 0.3) is 0 Å². The lowest BCUT2D eigenvalue weighted by Crippen LogP contribution is -2.53. The average Bonchev–Trinajstić information content (AvgIpc) is 3.25. The summed E-state index contributed by atoms with van der Waals surface area (Å²) in [7, 11) is -3.68. The minimum absolute atomic E-state index is 0.275. The van der Waals surface area contributed by atoms with Crippen LogP contribution < -0.4 is 0 Å². The molecular formula is C19H19FN4O4S. The summed E-state index contributed by atoms with van der Waals surface area (Å²) < 4.78 is 50.4. The van der Waals surface area contributed by atoms with Gasteiger partial charge in [-0.2, -0.15) is 0 Å². The summed E-state index contributed by atoms with van der Waals surface area (Å²) in [5.74, 6) is -0.155. The smallest absolute Gasteiger partial charge is 0.247 e. The maximum absolute atomic E-state index is 15.2. The number of morpholine rings is 1. The molecule has 1 atom stereocenters. The fourth-order valence-electron chi connectivity index (χ4n) is 3.66. The number of ether oxygens (including phenoxy) is 1. The molecule has 1 aliphatic rings. The van der Waals surface area contributed by atoms with E-state index in [1.165, 1.54) is 18.5 Å². The number of sulfone groups is 1. The first-order valence-corrected chi connectivity index (χ1v) is 10.9. The number of hydrogen-bond acceptors (Lipinski definition) is 8. The molecule has 1 aromatic carbocycles. The van der Waals surface area contributed by atoms with Crippen molar-refractivity contribution in [3.8, 4) is 0 Å². The third-order valence-electron chi connectivity index (χ3n) is 4.88. The van der Waals surface area contributed by atoms with Gasteiger partial charge in [0, 0.05) is 37.2 Å². The molecule has 2 aromatic heterocycles. The summed E-state index contributed by atoms with van der Waals surface area (Å²) in [4.78, 5) is 10.2. The molecule has 0 bridgehead atoms. The number of nitrogens with zero attached hydrogens (tertiary/aromatic N) is 4. The molecule has 29 heavy (non-hydrogen) atoms. The molecular weight excluding hydrogens is 399 g/mol. The van der Waals surface area contributed by atoms with Crippen LogP contribution in [0.15, 0.2) is 58.5 Å². The molecule has 10 heteroatoms. The molecule has 1 aliphatic heterocycles. The van der Waals surface area contributed by atoms with Gasteiger partial charge in [0.1, 0.15) is 5.82 Å². The van der Waals surface area contributed by atoms with Crippen LogP contribution in [-0.4, -0.2) is 61.0 Å². The standard InChI is InChI=1S/C19H19FN4O4S/c1-29(25,26)18-21-8-6-16(23-18)19(17-7-9-22-28-17,24-10-12-27-13-11-24)14-4-2-3-5-15(14)20/h2-9H,10-13H2,1H3. The highest BCUT2D eigenvalue weighted by atomic mass is 32.2. The molecule has 4 rings (SSSR count). The average molecular weight is 418 g/mol. The van der Waals surface area contributed by atoms with Gasteiger partial charge in [0.2, 0.25) is 15.0 Å². The summed E-state index contributed by atoms with van der Waals surface area (Å²) in [6.45, 7) is 1.75. The van der Waals surface area contributed by atoms with E-state index in [-0.39, 0.29) is 16.4 Å². The van der Waals surface area contributed by atoms with Gasteiger partial charge in [0.15, 0.2) is 11.3 Å². The lowest BCUT2D eigenvalue weighted by molar-refractivity contribution is -0.00752. The highest BCUT2D eigenvalue weighted by Crippen LogP contribution is 2.43. The molecule has 3 aromatic rings. The van der Waals surface area contributed by atoms with Crippen LogP contribution >= 0.6 is 0 Å². The SMILES string of the molecule is CS(=O)(=O)c1nccc(C(c2ccno2)(c2ccccc2F)N2CCOCC2)n1. The van der Waals surface area contributed by atoms with E-state index < -0.39 is 21.2 Å². The molecule has 1 saturated heterocycles. The van der Waals surface area contributed by atoms with E-state index in [1.54, 1.807) is 30.3 Å². The zero-order valence-electron chi connectivity index (χ0n) is 15.7. The zero-order valence-corrected chi connectivity index (χ0v) is 16.5. The van der Waals surface area contributed by atoms with E-state index in [4.69, 9.17) is 9.26 Å². The number of hydrogen-bond donors (Lipinski definition) is 0. The van der Waals surface area contributed by atoms with E-state index in [1.807, 2.05) is 4.90 Å². The molecule has 0 saturated carbocycles. The van der Waals surface area contributed by atoms with Gasteiger partial charge in [-0.1, -0.05) is 23.4 Å². The van der Waals surface area contributed by atoms with Crippen molar-refractivity contribution in [2.45, 2.75) is 10.7 Å². The Hall–Kier alpha value is -2.69. The summed E-state index contributed by atoms with van der Waals surface area (Å²) in [6.07, 6.45) is 3.84. The van der Waals surface area contributed by atoms with E-state index >= 15 is 4.39 Å². The third kappa shape index (κ3) is 3.43. The Balaban J connectivity index is 2.07. The van der Waals surface area contributed by atoms with Gasteiger partial charge in [-0.15, -0.1) is 0 Å². The molecule has 0 radical (unpaired) electrons. The van der Waals surface area contributed by atoms with Crippen LogP contribution in [0.4, 0.5) is 4.39 Å². The Labute approximate surface area is 167 Å². The lowest BCUT2D eigenvalue weighted by Gasteiger charge is -2.43. The lowest BCUT2D eigenvalue weighted by atomic mass is 9.81. The topological polar surface area (TPSA) is 98.4 Å². The third-order valence-corrected chi connectivity index (χ3v) is 5.74. The summed E-state index contributed by atoms with van der Waals surface area (Å²) >= 11 is 0. The van der Waals surface area contributed by atoms with Crippen LogP contribution in [0.2, 0.25) is 0 Å². The first-order valence-electron chi connectivity index (χ1n) is 8.96. The van der Waals surface area contributed by atoms with Gasteiger partial charge >= 0.3 is 0 Å². The zero-order chi connectivity index (χ0) is 20.5. The van der Waals surface area contributed by atoms with E-state index in [9.17, 15) is 8.42 Å². The molecule has 0 amide bonds. The summed E-state index contributed by atoms with van der Waals surface area (Å²) in [6, 6.07) is 9.48. The number of aromatic nitrogens is 3. The summed E-state index contributed by atoms with van der Waals surface area (Å²) in [5.41, 5.74) is -0.790. The predicted octanol–water partition coefficient (Wildman–Crippen LogP) is 1.63. The minimum Gasteiger partial charge on any atom is -0.379 e. The molecule has 0 N–H and O–H groups in total. The van der Waals surface area contributed by atoms with Crippen LogP contribution in [0.5, 0.6) is 0 Å². The van der Waals surface area contributed by atoms with E-state index in [0.29, 0.717) is 32.1 Å². The van der Waals surface area contributed by atoms with Crippen molar-refractivity contribution < 1.29 is 22.1 Å². The Morgan fingerprint density at radius 3 is 2.52 bits per heavy atom. The fourth-order valence-corrected chi connectivity index (χ4v) is 4.18. The second-order valence-corrected chi connectivity index (χ2v) is 8.57. The van der Waals surface area contributed by atoms with Crippen molar-refractivity contribution in [3.63, 3.8) is 0 Å². The molecule has 1 fully saturated rings. The van der Waals surface area contributed by atoms with Gasteiger partial charge < -0.3 is 9.26 Å². The molecule has 3 heterocycles. The second-order valence-electron chi connectivity index (χ2n) is 6.66. The van der Waals surface area contributed by atoms with Crippen LogP contribution in [0.1, 0.15) is 17.0 Å². The van der Waals surface area contributed by atoms with Crippen LogP contribution in [-0.2, 0) is 20.1 Å². The first kappa shape index (κ1) is 19.6. The van der Waals surface area contributed by atoms with Crippen LogP contribution in [0, 0.1) is 5.82 Å². The number of rotatable bonds is 5. The molecule has 0 spiro atoms. The highest BCUT2D eigenvalue weighted by Gasteiger charge is 2.49. The number of benzene rings is 1. The fraction of sp³-hybridized carbons (Fsp3) is 0.316. The molecule has 1 unspecified atom stereocenters. The normalized spacial score (nSPS) is 17.7. The minimum atomic E-state index is -3.68. The molecule has 8 nitrogen and oxygen atoms in total. The van der Waals surface area contributed by atoms with Crippen molar-refractivity contribution in [2.24, 2.45) is 0 Å². The van der Waals surface area contributed by atoms with Gasteiger partial charge in [-0.3, -0.25) is 4.90 Å². The monoisotopic (exact) mass is 418 g/mol. The van der Waals surface area contributed by atoms with Crippen molar-refractivity contribution in [1.29, 1.82) is 0 Å². The van der Waals surface area contributed by atoms with Gasteiger partial charge in [0.25, 0.3) is 0 Å². The van der Waals surface area contributed by atoms with Gasteiger partial charge in [-0.25, -0.2) is 22.8 Å². The molecule has 152 valence electrons. The van der Waals surface area contributed by atoms with Crippen molar-refractivity contribution in [3.05, 3.63) is 71.6 Å². The highest BCUT2D eigenvalue weighted by molar-refractivity contribution is 7.90. The first-order chi connectivity index (χ1) is 13.9. The summed E-state index contributed by atoms with van der Waals surface area (Å²) in [5, 5.41) is 3.47. The Kier molecular flexibility index (Phi) is 5.15. The molecule has 0 aliphatic carbocycles. The Morgan fingerprint density at radius 2 is 1.86 bits per heavy atom. The Bertz CT molecular complexity index is 1100. The van der Waals surface area contributed by atoms with E-state index in [0.717, 1.165) is 6.26 Å². The quantitative estimate of drug-likeness (QED) is 0.577.